The maximum absolute atomic E-state index is 13.6. The summed E-state index contributed by atoms with van der Waals surface area (Å²) in [7, 11) is 0. The third kappa shape index (κ3) is 9.02. The maximum atomic E-state index is 13.6. The molecule has 4 aromatic rings. The van der Waals surface area contributed by atoms with E-state index < -0.39 is 23.0 Å². The van der Waals surface area contributed by atoms with E-state index in [1.54, 1.807) is 62.4 Å². The summed E-state index contributed by atoms with van der Waals surface area (Å²) < 4.78 is 5.36. The highest BCUT2D eigenvalue weighted by Gasteiger charge is 2.28. The van der Waals surface area contributed by atoms with Gasteiger partial charge in [0.1, 0.15) is 10.7 Å². The second-order valence-electron chi connectivity index (χ2n) is 11.5. The van der Waals surface area contributed by atoms with Gasteiger partial charge in [-0.25, -0.2) is 4.79 Å². The quantitative estimate of drug-likeness (QED) is 0.0640. The van der Waals surface area contributed by atoms with Crippen LogP contribution in [0.3, 0.4) is 0 Å². The third-order valence-electron chi connectivity index (χ3n) is 7.79. The van der Waals surface area contributed by atoms with Crippen LogP contribution in [-0.2, 0) is 27.2 Å². The van der Waals surface area contributed by atoms with Crippen molar-refractivity contribution in [3.8, 4) is 0 Å². The highest BCUT2D eigenvalue weighted by molar-refractivity contribution is 8.00. The number of fused-ring (bicyclic) bond motifs is 1. The zero-order valence-corrected chi connectivity index (χ0v) is 28.9. The number of thiophene rings is 1. The van der Waals surface area contributed by atoms with Crippen molar-refractivity contribution in [3.05, 3.63) is 117 Å². The summed E-state index contributed by atoms with van der Waals surface area (Å²) in [5.74, 6) is -1.52. The second kappa shape index (κ2) is 16.4. The molecule has 3 N–H and O–H groups in total. The van der Waals surface area contributed by atoms with Crippen molar-refractivity contribution in [2.45, 2.75) is 63.0 Å². The van der Waals surface area contributed by atoms with Crippen LogP contribution >= 0.6 is 23.1 Å². The molecule has 3 amide bonds. The van der Waals surface area contributed by atoms with E-state index in [-0.39, 0.29) is 18.2 Å². The minimum absolute atomic E-state index is 0.0898. The highest BCUT2D eigenvalue weighted by Crippen LogP contribution is 2.38. The van der Waals surface area contributed by atoms with E-state index in [1.807, 2.05) is 43.3 Å². The lowest BCUT2D eigenvalue weighted by Gasteiger charge is -2.14. The van der Waals surface area contributed by atoms with Crippen LogP contribution in [0.2, 0.25) is 0 Å². The van der Waals surface area contributed by atoms with Gasteiger partial charge in [0.15, 0.2) is 0 Å². The molecular weight excluding hydrogens is 643 g/mol. The maximum Gasteiger partial charge on any atom is 0.341 e. The standard InChI is InChI=1S/C38H39N3O5S2/c1-4-46-38(45)33-30-19-9-6-10-20-32(30)48-37(33)41-34(42)25(3)47-29-18-12-17-28(23-29)39-36(44)31(22-26-14-11-13-24(2)21-26)40-35(43)27-15-7-5-8-16-27/h5,7-8,11-18,21-23,25H,4,6,9-10,19-20H2,1-3H3,(H,39,44)(H,40,43)(H,41,42)/b31-22+. The Morgan fingerprint density at radius 3 is 2.46 bits per heavy atom. The molecular formula is C38H39N3O5S2. The lowest BCUT2D eigenvalue weighted by molar-refractivity contribution is -0.115. The van der Waals surface area contributed by atoms with Crippen LogP contribution in [0.4, 0.5) is 10.7 Å². The smallest absolute Gasteiger partial charge is 0.341 e. The molecule has 0 saturated heterocycles. The zero-order valence-electron chi connectivity index (χ0n) is 27.3. The number of carbonyl (C=O) groups excluding carboxylic acids is 4. The monoisotopic (exact) mass is 681 g/mol. The molecule has 1 aromatic heterocycles. The van der Waals surface area contributed by atoms with Crippen molar-refractivity contribution in [2.24, 2.45) is 0 Å². The van der Waals surface area contributed by atoms with Crippen molar-refractivity contribution in [1.29, 1.82) is 0 Å². The molecule has 0 bridgehead atoms. The summed E-state index contributed by atoms with van der Waals surface area (Å²) in [6, 6.07) is 23.5. The summed E-state index contributed by atoms with van der Waals surface area (Å²) in [6.45, 7) is 5.80. The zero-order chi connectivity index (χ0) is 34.0. The molecule has 10 heteroatoms. The molecule has 1 aliphatic carbocycles. The van der Waals surface area contributed by atoms with E-state index in [4.69, 9.17) is 4.74 Å². The van der Waals surface area contributed by atoms with Crippen LogP contribution in [-0.4, -0.2) is 35.5 Å². The Balaban J connectivity index is 1.29. The third-order valence-corrected chi connectivity index (χ3v) is 10.1. The number of hydrogen-bond acceptors (Lipinski definition) is 7. The Morgan fingerprint density at radius 2 is 1.69 bits per heavy atom. The molecule has 0 radical (unpaired) electrons. The molecule has 0 fully saturated rings. The van der Waals surface area contributed by atoms with Gasteiger partial charge in [-0.1, -0.05) is 60.5 Å². The van der Waals surface area contributed by atoms with Gasteiger partial charge in [0.05, 0.1) is 17.4 Å². The minimum Gasteiger partial charge on any atom is -0.462 e. The van der Waals surface area contributed by atoms with Crippen LogP contribution in [0.15, 0.2) is 89.5 Å². The van der Waals surface area contributed by atoms with Crippen LogP contribution in [0.25, 0.3) is 6.08 Å². The normalized spacial score (nSPS) is 13.4. The van der Waals surface area contributed by atoms with Gasteiger partial charge in [0.2, 0.25) is 5.91 Å². The lowest BCUT2D eigenvalue weighted by Crippen LogP contribution is -2.30. The van der Waals surface area contributed by atoms with Crippen molar-refractivity contribution in [1.82, 2.24) is 5.32 Å². The average Bonchev–Trinajstić information content (AvgIpc) is 3.24. The van der Waals surface area contributed by atoms with Crippen molar-refractivity contribution >= 4 is 63.6 Å². The number of ether oxygens (including phenoxy) is 1. The summed E-state index contributed by atoms with van der Waals surface area (Å²) in [5.41, 5.74) is 4.31. The summed E-state index contributed by atoms with van der Waals surface area (Å²) >= 11 is 2.81. The Kier molecular flexibility index (Phi) is 11.9. The molecule has 0 aliphatic heterocycles. The molecule has 1 atom stereocenters. The molecule has 1 unspecified atom stereocenters. The first-order valence-corrected chi connectivity index (χ1v) is 17.8. The van der Waals surface area contributed by atoms with E-state index in [2.05, 4.69) is 16.0 Å². The van der Waals surface area contributed by atoms with Gasteiger partial charge < -0.3 is 20.7 Å². The predicted molar refractivity (Wildman–Crippen MR) is 194 cm³/mol. The van der Waals surface area contributed by atoms with Crippen molar-refractivity contribution in [2.75, 3.05) is 17.2 Å². The number of benzene rings is 3. The second-order valence-corrected chi connectivity index (χ2v) is 14.0. The Hall–Kier alpha value is -4.67. The van der Waals surface area contributed by atoms with Gasteiger partial charge in [-0.2, -0.15) is 0 Å². The number of amides is 3. The SMILES string of the molecule is CCOC(=O)c1c(NC(=O)C(C)Sc2cccc(NC(=O)/C(=C\c3cccc(C)c3)NC(=O)c3ccccc3)c2)sc2c1CCCCC2. The van der Waals surface area contributed by atoms with E-state index in [9.17, 15) is 19.2 Å². The average molecular weight is 682 g/mol. The molecule has 0 saturated carbocycles. The van der Waals surface area contributed by atoms with Gasteiger partial charge in [-0.15, -0.1) is 23.1 Å². The molecule has 48 heavy (non-hydrogen) atoms. The molecule has 5 rings (SSSR count). The first-order chi connectivity index (χ1) is 23.2. The molecule has 8 nitrogen and oxygen atoms in total. The topological polar surface area (TPSA) is 114 Å². The number of rotatable bonds is 11. The number of nitrogens with one attached hydrogen (secondary N) is 3. The number of carbonyl (C=O) groups is 4. The summed E-state index contributed by atoms with van der Waals surface area (Å²) in [4.78, 5) is 54.8. The fourth-order valence-corrected chi connectivity index (χ4v) is 7.64. The largest absolute Gasteiger partial charge is 0.462 e. The number of esters is 1. The summed E-state index contributed by atoms with van der Waals surface area (Å²) in [5, 5.41) is 8.71. The molecule has 3 aromatic carbocycles. The number of thioether (sulfide) groups is 1. The van der Waals surface area contributed by atoms with Crippen LogP contribution in [0, 0.1) is 6.92 Å². The Bertz CT molecular complexity index is 1830. The van der Waals surface area contributed by atoms with Gasteiger partial charge >= 0.3 is 5.97 Å². The Morgan fingerprint density at radius 1 is 0.917 bits per heavy atom. The number of hydrogen-bond donors (Lipinski definition) is 3. The van der Waals surface area contributed by atoms with Gasteiger partial charge in [-0.3, -0.25) is 14.4 Å². The summed E-state index contributed by atoms with van der Waals surface area (Å²) in [6.07, 6.45) is 6.52. The van der Waals surface area contributed by atoms with Crippen LogP contribution < -0.4 is 16.0 Å². The van der Waals surface area contributed by atoms with Crippen molar-refractivity contribution in [3.63, 3.8) is 0 Å². The number of aryl methyl sites for hydroxylation is 2. The highest BCUT2D eigenvalue weighted by atomic mass is 32.2. The fraction of sp³-hybridized carbons (Fsp3) is 0.263. The minimum atomic E-state index is -0.505. The molecule has 248 valence electrons. The first-order valence-electron chi connectivity index (χ1n) is 16.1. The van der Waals surface area contributed by atoms with Crippen LogP contribution in [0.5, 0.6) is 0 Å². The first kappa shape index (κ1) is 34.7. The van der Waals surface area contributed by atoms with E-state index in [0.717, 1.165) is 58.6 Å². The van der Waals surface area contributed by atoms with Gasteiger partial charge in [0, 0.05) is 21.0 Å². The van der Waals surface area contributed by atoms with Gasteiger partial charge in [0.25, 0.3) is 11.8 Å². The van der Waals surface area contributed by atoms with Gasteiger partial charge in [-0.05, 0) is 94.0 Å². The lowest BCUT2D eigenvalue weighted by atomic mass is 10.1. The predicted octanol–water partition coefficient (Wildman–Crippen LogP) is 8.03. The van der Waals surface area contributed by atoms with Crippen LogP contribution in [0.1, 0.15) is 75.4 Å². The Labute approximate surface area is 289 Å². The van der Waals surface area contributed by atoms with E-state index in [1.165, 1.54) is 23.1 Å². The molecule has 1 aliphatic rings. The number of anilines is 2. The van der Waals surface area contributed by atoms with E-state index in [0.29, 0.717) is 21.8 Å². The van der Waals surface area contributed by atoms with Crippen molar-refractivity contribution < 1.29 is 23.9 Å². The van der Waals surface area contributed by atoms with E-state index >= 15 is 0 Å². The molecule has 0 spiro atoms. The fourth-order valence-electron chi connectivity index (χ4n) is 5.44. The molecule has 1 heterocycles.